The van der Waals surface area contributed by atoms with Gasteiger partial charge in [0.1, 0.15) is 5.60 Å². The number of carbonyl (C=O) groups is 1. The van der Waals surface area contributed by atoms with E-state index in [1.54, 1.807) is 0 Å². The maximum absolute atomic E-state index is 13.1. The molecule has 0 amide bonds. The van der Waals surface area contributed by atoms with Crippen LogP contribution in [0.25, 0.3) is 0 Å². The van der Waals surface area contributed by atoms with Gasteiger partial charge in [-0.05, 0) is 65.2 Å². The first-order chi connectivity index (χ1) is 10.6. The quantitative estimate of drug-likeness (QED) is 0.623. The average Bonchev–Trinajstić information content (AvgIpc) is 2.51. The van der Waals surface area contributed by atoms with E-state index in [2.05, 4.69) is 20.8 Å². The number of carbonyl (C=O) groups excluding carboxylic acids is 1. The Hall–Kier alpha value is -0.570. The first-order valence-electron chi connectivity index (χ1n) is 9.65. The van der Waals surface area contributed by atoms with Crippen molar-refractivity contribution in [2.45, 2.75) is 110 Å². The predicted octanol–water partition coefficient (Wildman–Crippen LogP) is 5.21. The topological polar surface area (TPSA) is 52.3 Å². The summed E-state index contributed by atoms with van der Waals surface area (Å²) in [4.78, 5) is 13.1. The van der Waals surface area contributed by atoms with Crippen LogP contribution in [0.3, 0.4) is 0 Å². The Morgan fingerprint density at radius 2 is 1.52 bits per heavy atom. The van der Waals surface area contributed by atoms with Crippen molar-refractivity contribution in [1.82, 2.24) is 0 Å². The molecule has 136 valence electrons. The molecule has 2 N–H and O–H groups in total. The summed E-state index contributed by atoms with van der Waals surface area (Å²) in [6.07, 6.45) is 9.49. The van der Waals surface area contributed by atoms with E-state index in [9.17, 15) is 4.79 Å². The number of hydrogen-bond donors (Lipinski definition) is 1. The Kier molecular flexibility index (Phi) is 7.12. The zero-order valence-electron chi connectivity index (χ0n) is 16.3. The minimum Gasteiger partial charge on any atom is -0.458 e. The molecule has 0 bridgehead atoms. The summed E-state index contributed by atoms with van der Waals surface area (Å²) in [6, 6.07) is 0. The smallest absolute Gasteiger partial charge is 0.312 e. The summed E-state index contributed by atoms with van der Waals surface area (Å²) >= 11 is 0. The third-order valence-electron chi connectivity index (χ3n) is 5.96. The van der Waals surface area contributed by atoms with Gasteiger partial charge in [0.25, 0.3) is 0 Å². The average molecular weight is 326 g/mol. The van der Waals surface area contributed by atoms with Gasteiger partial charge in [-0.2, -0.15) is 0 Å². The molecule has 1 aliphatic carbocycles. The molecule has 0 saturated heterocycles. The lowest BCUT2D eigenvalue weighted by atomic mass is 9.73. The van der Waals surface area contributed by atoms with Gasteiger partial charge in [-0.3, -0.25) is 4.79 Å². The fraction of sp³-hybridized carbons (Fsp3) is 0.950. The minimum absolute atomic E-state index is 0.0483. The summed E-state index contributed by atoms with van der Waals surface area (Å²) in [7, 11) is 0. The van der Waals surface area contributed by atoms with E-state index in [1.807, 2.05) is 20.8 Å². The lowest BCUT2D eigenvalue weighted by Crippen LogP contribution is -2.48. The molecule has 23 heavy (non-hydrogen) atoms. The predicted molar refractivity (Wildman–Crippen MR) is 97.3 cm³/mol. The third kappa shape index (κ3) is 5.20. The summed E-state index contributed by atoms with van der Waals surface area (Å²) < 4.78 is 6.28. The monoisotopic (exact) mass is 325 g/mol. The number of hydrogen-bond acceptors (Lipinski definition) is 3. The van der Waals surface area contributed by atoms with Crippen LogP contribution in [-0.2, 0) is 9.53 Å². The van der Waals surface area contributed by atoms with E-state index in [0.717, 1.165) is 19.3 Å². The van der Waals surface area contributed by atoms with E-state index in [4.69, 9.17) is 10.5 Å². The number of rotatable bonds is 8. The number of nitrogens with two attached hydrogens (primary N) is 1. The third-order valence-corrected chi connectivity index (χ3v) is 5.96. The SMILES string of the molecule is CCC(C)(CC(C)(C)N)C(=O)OC(CC)(CC)C1CCCCC1. The maximum atomic E-state index is 13.1. The van der Waals surface area contributed by atoms with Gasteiger partial charge in [0.2, 0.25) is 0 Å². The van der Waals surface area contributed by atoms with Crippen LogP contribution in [-0.4, -0.2) is 17.1 Å². The van der Waals surface area contributed by atoms with Gasteiger partial charge in [-0.1, -0.05) is 40.0 Å². The fourth-order valence-corrected chi connectivity index (χ4v) is 4.34. The van der Waals surface area contributed by atoms with Crippen molar-refractivity contribution in [2.75, 3.05) is 0 Å². The van der Waals surface area contributed by atoms with Gasteiger partial charge < -0.3 is 10.5 Å². The molecule has 3 heteroatoms. The summed E-state index contributed by atoms with van der Waals surface area (Å²) in [5, 5.41) is 0. The van der Waals surface area contributed by atoms with Gasteiger partial charge in [0.05, 0.1) is 5.41 Å². The molecule has 1 rings (SSSR count). The fourth-order valence-electron chi connectivity index (χ4n) is 4.34. The summed E-state index contributed by atoms with van der Waals surface area (Å²) in [5.74, 6) is 0.468. The largest absolute Gasteiger partial charge is 0.458 e. The Morgan fingerprint density at radius 3 is 1.91 bits per heavy atom. The van der Waals surface area contributed by atoms with Crippen LogP contribution in [0, 0.1) is 11.3 Å². The van der Waals surface area contributed by atoms with Crippen LogP contribution in [0.2, 0.25) is 0 Å². The molecule has 0 aromatic rings. The number of ether oxygens (including phenoxy) is 1. The first-order valence-corrected chi connectivity index (χ1v) is 9.65. The molecule has 1 aliphatic rings. The zero-order chi connectivity index (χ0) is 17.7. The van der Waals surface area contributed by atoms with E-state index in [0.29, 0.717) is 12.3 Å². The molecule has 1 unspecified atom stereocenters. The van der Waals surface area contributed by atoms with Crippen LogP contribution >= 0.6 is 0 Å². The van der Waals surface area contributed by atoms with Crippen LogP contribution in [0.15, 0.2) is 0 Å². The van der Waals surface area contributed by atoms with Crippen molar-refractivity contribution >= 4 is 5.97 Å². The van der Waals surface area contributed by atoms with E-state index >= 15 is 0 Å². The molecule has 1 saturated carbocycles. The second-order valence-electron chi connectivity index (χ2n) is 8.58. The Balaban J connectivity index is 2.95. The highest BCUT2D eigenvalue weighted by Gasteiger charge is 2.45. The second-order valence-corrected chi connectivity index (χ2v) is 8.58. The van der Waals surface area contributed by atoms with Crippen molar-refractivity contribution in [2.24, 2.45) is 17.1 Å². The van der Waals surface area contributed by atoms with E-state index in [1.165, 1.54) is 32.1 Å². The Labute approximate surface area is 143 Å². The van der Waals surface area contributed by atoms with Gasteiger partial charge in [-0.15, -0.1) is 0 Å². The lowest BCUT2D eigenvalue weighted by molar-refractivity contribution is -0.182. The minimum atomic E-state index is -0.498. The molecule has 0 aromatic heterocycles. The highest BCUT2D eigenvalue weighted by Crippen LogP contribution is 2.42. The summed E-state index contributed by atoms with van der Waals surface area (Å²) in [5.41, 5.74) is 5.05. The van der Waals surface area contributed by atoms with Gasteiger partial charge in [0.15, 0.2) is 0 Å². The highest BCUT2D eigenvalue weighted by molar-refractivity contribution is 5.77. The number of esters is 1. The molecule has 0 heterocycles. The van der Waals surface area contributed by atoms with Crippen LogP contribution in [0.5, 0.6) is 0 Å². The van der Waals surface area contributed by atoms with Crippen LogP contribution in [0.4, 0.5) is 0 Å². The molecule has 1 atom stereocenters. The lowest BCUT2D eigenvalue weighted by Gasteiger charge is -2.44. The molecule has 0 spiro atoms. The molecule has 3 nitrogen and oxygen atoms in total. The first kappa shape index (κ1) is 20.5. The second kappa shape index (κ2) is 8.00. The molecule has 1 fully saturated rings. The van der Waals surface area contributed by atoms with Gasteiger partial charge in [0, 0.05) is 5.54 Å². The Bertz CT molecular complexity index is 376. The normalized spacial score (nSPS) is 20.1. The van der Waals surface area contributed by atoms with Crippen molar-refractivity contribution < 1.29 is 9.53 Å². The molecule has 0 aliphatic heterocycles. The Morgan fingerprint density at radius 1 is 1.00 bits per heavy atom. The van der Waals surface area contributed by atoms with Crippen LogP contribution in [0.1, 0.15) is 99.3 Å². The zero-order valence-corrected chi connectivity index (χ0v) is 16.3. The maximum Gasteiger partial charge on any atom is 0.312 e. The van der Waals surface area contributed by atoms with Gasteiger partial charge in [-0.25, -0.2) is 0 Å². The molecule has 0 radical (unpaired) electrons. The molecular formula is C20H39NO2. The van der Waals surface area contributed by atoms with E-state index in [-0.39, 0.29) is 17.1 Å². The van der Waals surface area contributed by atoms with E-state index < -0.39 is 5.41 Å². The van der Waals surface area contributed by atoms with Gasteiger partial charge >= 0.3 is 5.97 Å². The van der Waals surface area contributed by atoms with Crippen molar-refractivity contribution in [3.05, 3.63) is 0 Å². The highest BCUT2D eigenvalue weighted by atomic mass is 16.6. The van der Waals surface area contributed by atoms with Crippen molar-refractivity contribution in [3.63, 3.8) is 0 Å². The molecular weight excluding hydrogens is 286 g/mol. The standard InChI is InChI=1S/C20H39NO2/c1-7-19(6,15-18(4,5)21)17(22)23-20(8-2,9-3)16-13-11-10-12-14-16/h16H,7-15,21H2,1-6H3. The summed E-state index contributed by atoms with van der Waals surface area (Å²) in [6.45, 7) is 12.4. The van der Waals surface area contributed by atoms with Crippen molar-refractivity contribution in [1.29, 1.82) is 0 Å². The van der Waals surface area contributed by atoms with Crippen LogP contribution < -0.4 is 5.73 Å². The van der Waals surface area contributed by atoms with Crippen molar-refractivity contribution in [3.8, 4) is 0 Å². The molecule has 0 aromatic carbocycles.